The summed E-state index contributed by atoms with van der Waals surface area (Å²) >= 11 is 0. The van der Waals surface area contributed by atoms with Crippen molar-refractivity contribution in [2.75, 3.05) is 4.90 Å². The van der Waals surface area contributed by atoms with Crippen molar-refractivity contribution in [2.24, 2.45) is 0 Å². The fraction of sp³-hybridized carbons (Fsp3) is 0. The molecule has 6 aromatic carbocycles. The number of hydrogen-bond donors (Lipinski definition) is 0. The van der Waals surface area contributed by atoms with E-state index in [1.54, 1.807) is 0 Å². The van der Waals surface area contributed by atoms with E-state index in [0.717, 1.165) is 66.7 Å². The number of hydrogen-bond acceptors (Lipinski definition) is 6. The summed E-state index contributed by atoms with van der Waals surface area (Å²) in [5.41, 5.74) is 12.0. The lowest BCUT2D eigenvalue weighted by atomic mass is 9.94. The number of pyridine rings is 2. The van der Waals surface area contributed by atoms with Crippen molar-refractivity contribution in [3.63, 3.8) is 0 Å². The Morgan fingerprint density at radius 2 is 1.00 bits per heavy atom. The van der Waals surface area contributed by atoms with Gasteiger partial charge in [0.1, 0.15) is 0 Å². The smallest absolute Gasteiger partial charge is 0.238 e. The van der Waals surface area contributed by atoms with Crippen LogP contribution in [0.1, 0.15) is 0 Å². The Morgan fingerprint density at radius 3 is 1.71 bits per heavy atom. The van der Waals surface area contributed by atoms with E-state index in [0.29, 0.717) is 17.6 Å². The maximum absolute atomic E-state index is 5.31. The van der Waals surface area contributed by atoms with Crippen LogP contribution in [0.2, 0.25) is 0 Å². The number of benzene rings is 6. The van der Waals surface area contributed by atoms with Crippen LogP contribution in [-0.4, -0.2) is 24.9 Å². The van der Waals surface area contributed by atoms with Gasteiger partial charge in [0.2, 0.25) is 5.95 Å². The fourth-order valence-electron chi connectivity index (χ4n) is 7.07. The molecule has 0 aliphatic carbocycles. The molecule has 10 rings (SSSR count). The highest BCUT2D eigenvalue weighted by atomic mass is 15.3. The third kappa shape index (κ3) is 4.92. The first-order valence-electron chi connectivity index (χ1n) is 16.9. The highest BCUT2D eigenvalue weighted by Crippen LogP contribution is 2.50. The summed E-state index contributed by atoms with van der Waals surface area (Å²) in [6, 6.07) is 56.1. The van der Waals surface area contributed by atoms with Gasteiger partial charge < -0.3 is 0 Å². The molecule has 0 radical (unpaired) electrons. The number of rotatable bonds is 5. The van der Waals surface area contributed by atoms with Gasteiger partial charge in [0.25, 0.3) is 0 Å². The molecule has 0 spiro atoms. The highest BCUT2D eigenvalue weighted by Gasteiger charge is 2.30. The number of para-hydroxylation sites is 1. The molecule has 0 unspecified atom stereocenters. The number of nitrogens with zero attached hydrogens (tertiary/aromatic N) is 6. The molecule has 1 aliphatic heterocycles. The van der Waals surface area contributed by atoms with Gasteiger partial charge in [-0.05, 0) is 52.6 Å². The van der Waals surface area contributed by atoms with Crippen LogP contribution in [-0.2, 0) is 0 Å². The first kappa shape index (κ1) is 28.9. The molecule has 0 fully saturated rings. The third-order valence-corrected chi connectivity index (χ3v) is 9.48. The Hall–Kier alpha value is -7.05. The van der Waals surface area contributed by atoms with E-state index in [2.05, 4.69) is 89.8 Å². The van der Waals surface area contributed by atoms with Gasteiger partial charge in [0.15, 0.2) is 11.6 Å². The van der Waals surface area contributed by atoms with Crippen LogP contribution < -0.4 is 4.90 Å². The lowest BCUT2D eigenvalue weighted by Crippen LogP contribution is -2.19. The Morgan fingerprint density at radius 1 is 0.412 bits per heavy atom. The molecule has 6 nitrogen and oxygen atoms in total. The zero-order valence-corrected chi connectivity index (χ0v) is 27.3. The Kier molecular flexibility index (Phi) is 6.70. The molecule has 6 heteroatoms. The van der Waals surface area contributed by atoms with Crippen molar-refractivity contribution in [3.05, 3.63) is 170 Å². The summed E-state index contributed by atoms with van der Waals surface area (Å²) in [6.07, 6.45) is 1.88. The van der Waals surface area contributed by atoms with E-state index in [4.69, 9.17) is 24.9 Å². The van der Waals surface area contributed by atoms with Crippen LogP contribution in [0.5, 0.6) is 0 Å². The van der Waals surface area contributed by atoms with E-state index in [9.17, 15) is 0 Å². The molecular weight excluding hydrogens is 625 g/mol. The van der Waals surface area contributed by atoms with E-state index >= 15 is 0 Å². The van der Waals surface area contributed by atoms with Crippen LogP contribution in [0.15, 0.2) is 170 Å². The lowest BCUT2D eigenvalue weighted by Gasteiger charge is -2.31. The molecule has 51 heavy (non-hydrogen) atoms. The summed E-state index contributed by atoms with van der Waals surface area (Å²) < 4.78 is 0. The van der Waals surface area contributed by atoms with E-state index in [-0.39, 0.29) is 0 Å². The minimum Gasteiger partial charge on any atom is -0.278 e. The topological polar surface area (TPSA) is 67.7 Å². The SMILES string of the molecule is c1ccc(-c2cccc(-c3ccc4nc5c6c(ccnc6c4c3)N(c3nc(-c4ccccc4)nc(-c4ccccc4)n3)c3ccccc3-5)c2)cc1. The van der Waals surface area contributed by atoms with Gasteiger partial charge in [-0.1, -0.05) is 133 Å². The van der Waals surface area contributed by atoms with Gasteiger partial charge in [-0.2, -0.15) is 9.97 Å². The second-order valence-corrected chi connectivity index (χ2v) is 12.6. The van der Waals surface area contributed by atoms with Crippen LogP contribution >= 0.6 is 0 Å². The molecule has 0 bridgehead atoms. The standard InChI is InChI=1S/C45H28N6/c1-4-13-29(14-5-1)32-19-12-20-33(27-32)34-23-24-37-36(28-34)41-40-39(25-26-46-41)51(38-22-11-10-21-35(38)42(40)47-37)45-49-43(30-15-6-2-7-16-30)48-44(50-45)31-17-8-3-9-18-31/h1-28H. The van der Waals surface area contributed by atoms with Crippen molar-refractivity contribution in [1.29, 1.82) is 0 Å². The number of fused-ring (bicyclic) bond motifs is 4. The first-order valence-corrected chi connectivity index (χ1v) is 16.9. The molecule has 0 atom stereocenters. The van der Waals surface area contributed by atoms with Crippen LogP contribution in [0.3, 0.4) is 0 Å². The third-order valence-electron chi connectivity index (χ3n) is 9.48. The molecule has 3 aromatic heterocycles. The Bertz CT molecular complexity index is 2690. The highest BCUT2D eigenvalue weighted by molar-refractivity contribution is 6.18. The van der Waals surface area contributed by atoms with Gasteiger partial charge >= 0.3 is 0 Å². The summed E-state index contributed by atoms with van der Waals surface area (Å²) in [7, 11) is 0. The molecule has 4 heterocycles. The van der Waals surface area contributed by atoms with Crippen molar-refractivity contribution in [2.45, 2.75) is 0 Å². The van der Waals surface area contributed by atoms with E-state index in [1.165, 1.54) is 11.1 Å². The maximum Gasteiger partial charge on any atom is 0.238 e. The van der Waals surface area contributed by atoms with Gasteiger partial charge in [-0.25, -0.2) is 9.97 Å². The van der Waals surface area contributed by atoms with Crippen molar-refractivity contribution >= 4 is 39.1 Å². The lowest BCUT2D eigenvalue weighted by molar-refractivity contribution is 1.02. The average molecular weight is 653 g/mol. The molecule has 0 amide bonds. The summed E-state index contributed by atoms with van der Waals surface area (Å²) in [5, 5.41) is 1.95. The number of anilines is 3. The quantitative estimate of drug-likeness (QED) is 0.172. The van der Waals surface area contributed by atoms with Crippen LogP contribution in [0.4, 0.5) is 17.3 Å². The zero-order chi connectivity index (χ0) is 33.7. The fourth-order valence-corrected chi connectivity index (χ4v) is 7.07. The molecule has 1 aliphatic rings. The molecule has 0 saturated heterocycles. The predicted octanol–water partition coefficient (Wildman–Crippen LogP) is 11.1. The van der Waals surface area contributed by atoms with Crippen LogP contribution in [0.25, 0.3) is 78.1 Å². The maximum atomic E-state index is 5.31. The van der Waals surface area contributed by atoms with Gasteiger partial charge in [0, 0.05) is 28.3 Å². The Balaban J connectivity index is 1.20. The summed E-state index contributed by atoms with van der Waals surface area (Å²) in [6.45, 7) is 0. The van der Waals surface area contributed by atoms with Crippen LogP contribution in [0, 0.1) is 0 Å². The van der Waals surface area contributed by atoms with Crippen molar-refractivity contribution in [1.82, 2.24) is 24.9 Å². The summed E-state index contributed by atoms with van der Waals surface area (Å²) in [4.78, 5) is 27.7. The minimum atomic E-state index is 0.528. The minimum absolute atomic E-state index is 0.528. The summed E-state index contributed by atoms with van der Waals surface area (Å²) in [5.74, 6) is 1.74. The molecule has 0 saturated carbocycles. The monoisotopic (exact) mass is 652 g/mol. The molecule has 0 N–H and O–H groups in total. The van der Waals surface area contributed by atoms with Gasteiger partial charge in [-0.15, -0.1) is 0 Å². The van der Waals surface area contributed by atoms with Crippen molar-refractivity contribution < 1.29 is 0 Å². The first-order chi connectivity index (χ1) is 25.3. The zero-order valence-electron chi connectivity index (χ0n) is 27.3. The normalized spacial score (nSPS) is 11.9. The van der Waals surface area contributed by atoms with E-state index < -0.39 is 0 Å². The molecular formula is C45H28N6. The van der Waals surface area contributed by atoms with Crippen molar-refractivity contribution in [3.8, 4) is 56.3 Å². The molecule has 9 aromatic rings. The Labute approximate surface area is 294 Å². The average Bonchev–Trinajstić information content (AvgIpc) is 3.22. The van der Waals surface area contributed by atoms with E-state index in [1.807, 2.05) is 85.1 Å². The largest absolute Gasteiger partial charge is 0.278 e. The predicted molar refractivity (Wildman–Crippen MR) is 206 cm³/mol. The second kappa shape index (κ2) is 11.8. The molecule has 238 valence electrons. The van der Waals surface area contributed by atoms with Gasteiger partial charge in [0.05, 0.1) is 33.5 Å². The second-order valence-electron chi connectivity index (χ2n) is 12.6. The van der Waals surface area contributed by atoms with Gasteiger partial charge in [-0.3, -0.25) is 9.88 Å². The number of aromatic nitrogens is 5.